The monoisotopic (exact) mass is 178 g/mol. The van der Waals surface area contributed by atoms with Crippen LogP contribution in [0.25, 0.3) is 0 Å². The Labute approximate surface area is 68.4 Å². The van der Waals surface area contributed by atoms with Crippen molar-refractivity contribution in [2.24, 2.45) is 0 Å². The average Bonchev–Trinajstić information content (AvgIpc) is 2.15. The van der Waals surface area contributed by atoms with Crippen molar-refractivity contribution < 1.29 is 9.90 Å². The highest BCUT2D eigenvalue weighted by Gasteiger charge is 2.02. The van der Waals surface area contributed by atoms with Crippen LogP contribution in [0.4, 0.5) is 5.95 Å². The van der Waals surface area contributed by atoms with Gasteiger partial charge in [0, 0.05) is 0 Å². The van der Waals surface area contributed by atoms with Crippen molar-refractivity contribution in [3.8, 4) is 0 Å². The summed E-state index contributed by atoms with van der Waals surface area (Å²) in [5.74, 6) is -0.853. The second kappa shape index (κ2) is 3.77. The van der Waals surface area contributed by atoms with E-state index in [1.165, 1.54) is 10.9 Å². The number of nitrogens with zero attached hydrogens (tertiary/aromatic N) is 3. The molecule has 7 heteroatoms. The number of rotatable bonds is 2. The number of nitrogens with two attached hydrogens (primary N) is 1. The molecule has 0 aliphatic heterocycles. The highest BCUT2D eigenvalue weighted by Crippen LogP contribution is 1.93. The number of carboxylic acids is 1. The zero-order valence-corrected chi connectivity index (χ0v) is 6.28. The van der Waals surface area contributed by atoms with Crippen molar-refractivity contribution in [1.82, 2.24) is 14.8 Å². The van der Waals surface area contributed by atoms with Crippen molar-refractivity contribution >= 4 is 24.3 Å². The van der Waals surface area contributed by atoms with Gasteiger partial charge < -0.3 is 10.8 Å². The van der Waals surface area contributed by atoms with E-state index in [2.05, 4.69) is 10.2 Å². The summed E-state index contributed by atoms with van der Waals surface area (Å²) in [6.07, 6.45) is 1.27. The molecule has 0 saturated heterocycles. The lowest BCUT2D eigenvalue weighted by Gasteiger charge is -1.95. The molecule has 0 atom stereocenters. The van der Waals surface area contributed by atoms with Gasteiger partial charge in [-0.1, -0.05) is 0 Å². The fourth-order valence-corrected chi connectivity index (χ4v) is 0.531. The minimum atomic E-state index is -0.966. The first-order chi connectivity index (χ1) is 4.70. The first-order valence-electron chi connectivity index (χ1n) is 2.55. The van der Waals surface area contributed by atoms with Crippen LogP contribution in [0.15, 0.2) is 6.33 Å². The summed E-state index contributed by atoms with van der Waals surface area (Å²) in [7, 11) is 0. The Kier molecular flexibility index (Phi) is 3.32. The SMILES string of the molecule is Cl.Nc1nncn1CC(=O)O. The molecule has 0 fully saturated rings. The van der Waals surface area contributed by atoms with Gasteiger partial charge in [0.1, 0.15) is 12.9 Å². The van der Waals surface area contributed by atoms with Crippen LogP contribution in [0.2, 0.25) is 0 Å². The average molecular weight is 179 g/mol. The number of nitrogen functional groups attached to an aromatic ring is 1. The summed E-state index contributed by atoms with van der Waals surface area (Å²) in [5.41, 5.74) is 5.21. The number of aromatic nitrogens is 3. The maximum atomic E-state index is 10.1. The van der Waals surface area contributed by atoms with Crippen LogP contribution in [0.3, 0.4) is 0 Å². The zero-order valence-electron chi connectivity index (χ0n) is 5.47. The van der Waals surface area contributed by atoms with E-state index in [-0.39, 0.29) is 24.9 Å². The van der Waals surface area contributed by atoms with E-state index in [1.807, 2.05) is 0 Å². The van der Waals surface area contributed by atoms with Crippen LogP contribution in [0, 0.1) is 0 Å². The van der Waals surface area contributed by atoms with Crippen LogP contribution in [0.5, 0.6) is 0 Å². The van der Waals surface area contributed by atoms with Gasteiger partial charge in [-0.2, -0.15) is 0 Å². The molecule has 0 aliphatic rings. The molecule has 0 aromatic carbocycles. The minimum absolute atomic E-state index is 0. The normalized spacial score (nSPS) is 8.73. The predicted molar refractivity (Wildman–Crippen MR) is 39.3 cm³/mol. The summed E-state index contributed by atoms with van der Waals surface area (Å²) in [6, 6.07) is 0. The smallest absolute Gasteiger partial charge is 0.323 e. The molecule has 0 unspecified atom stereocenters. The van der Waals surface area contributed by atoms with Crippen molar-refractivity contribution in [2.75, 3.05) is 5.73 Å². The third kappa shape index (κ3) is 2.42. The van der Waals surface area contributed by atoms with E-state index in [4.69, 9.17) is 10.8 Å². The van der Waals surface area contributed by atoms with Crippen LogP contribution < -0.4 is 5.73 Å². The molecule has 6 nitrogen and oxygen atoms in total. The predicted octanol–water partition coefficient (Wildman–Crippen LogP) is -0.633. The second-order valence-electron chi connectivity index (χ2n) is 1.71. The summed E-state index contributed by atoms with van der Waals surface area (Å²) < 4.78 is 1.24. The number of carbonyl (C=O) groups is 1. The van der Waals surface area contributed by atoms with Crippen LogP contribution in [0.1, 0.15) is 0 Å². The molecule has 1 heterocycles. The zero-order chi connectivity index (χ0) is 7.56. The standard InChI is InChI=1S/C4H6N4O2.ClH/c5-4-7-6-2-8(4)1-3(9)10;/h2H,1H2,(H2,5,7)(H,9,10);1H. The number of hydrogen-bond acceptors (Lipinski definition) is 4. The molecule has 0 spiro atoms. The third-order valence-corrected chi connectivity index (χ3v) is 0.951. The number of carboxylic acid groups (broad SMARTS) is 1. The summed E-state index contributed by atoms with van der Waals surface area (Å²) >= 11 is 0. The molecule has 0 bridgehead atoms. The van der Waals surface area contributed by atoms with Crippen molar-refractivity contribution in [2.45, 2.75) is 6.54 Å². The maximum Gasteiger partial charge on any atom is 0.323 e. The number of aliphatic carboxylic acids is 1. The number of halogens is 1. The Morgan fingerprint density at radius 3 is 2.82 bits per heavy atom. The van der Waals surface area contributed by atoms with Gasteiger partial charge in [-0.3, -0.25) is 9.36 Å². The van der Waals surface area contributed by atoms with Gasteiger partial charge in [0.25, 0.3) is 0 Å². The van der Waals surface area contributed by atoms with Gasteiger partial charge in [0.2, 0.25) is 5.95 Å². The van der Waals surface area contributed by atoms with Gasteiger partial charge in [0.15, 0.2) is 0 Å². The molecule has 11 heavy (non-hydrogen) atoms. The van der Waals surface area contributed by atoms with E-state index in [9.17, 15) is 4.79 Å². The van der Waals surface area contributed by atoms with E-state index in [0.717, 1.165) is 0 Å². The largest absolute Gasteiger partial charge is 0.480 e. The summed E-state index contributed by atoms with van der Waals surface area (Å²) in [4.78, 5) is 10.1. The molecule has 0 saturated carbocycles. The Hall–Kier alpha value is -1.30. The van der Waals surface area contributed by atoms with Gasteiger partial charge in [-0.15, -0.1) is 22.6 Å². The molecular weight excluding hydrogens is 172 g/mol. The van der Waals surface area contributed by atoms with Gasteiger partial charge in [-0.05, 0) is 0 Å². The topological polar surface area (TPSA) is 94.0 Å². The third-order valence-electron chi connectivity index (χ3n) is 0.951. The van der Waals surface area contributed by atoms with Crippen molar-refractivity contribution in [3.63, 3.8) is 0 Å². The molecule has 62 valence electrons. The quantitative estimate of drug-likeness (QED) is 0.629. The Balaban J connectivity index is 0.000001000. The highest BCUT2D eigenvalue weighted by molar-refractivity contribution is 5.85. The first kappa shape index (κ1) is 9.70. The molecule has 0 radical (unpaired) electrons. The van der Waals surface area contributed by atoms with E-state index in [0.29, 0.717) is 0 Å². The van der Waals surface area contributed by atoms with Gasteiger partial charge >= 0.3 is 5.97 Å². The maximum absolute atomic E-state index is 10.1. The van der Waals surface area contributed by atoms with Crippen molar-refractivity contribution in [1.29, 1.82) is 0 Å². The number of hydrogen-bond donors (Lipinski definition) is 2. The minimum Gasteiger partial charge on any atom is -0.480 e. The highest BCUT2D eigenvalue weighted by atomic mass is 35.5. The summed E-state index contributed by atoms with van der Waals surface area (Å²) in [5, 5.41) is 15.1. The van der Waals surface area contributed by atoms with E-state index >= 15 is 0 Å². The number of anilines is 1. The molecule has 1 aromatic heterocycles. The fourth-order valence-electron chi connectivity index (χ4n) is 0.531. The molecule has 1 rings (SSSR count). The van der Waals surface area contributed by atoms with Gasteiger partial charge in [0.05, 0.1) is 0 Å². The lowest BCUT2D eigenvalue weighted by Crippen LogP contribution is -2.10. The summed E-state index contributed by atoms with van der Waals surface area (Å²) in [6.45, 7) is -0.196. The van der Waals surface area contributed by atoms with Crippen molar-refractivity contribution in [3.05, 3.63) is 6.33 Å². The molecule has 0 aliphatic carbocycles. The van der Waals surface area contributed by atoms with Crippen LogP contribution in [-0.4, -0.2) is 25.8 Å². The van der Waals surface area contributed by atoms with Gasteiger partial charge in [-0.25, -0.2) is 0 Å². The van der Waals surface area contributed by atoms with E-state index < -0.39 is 5.97 Å². The molecule has 3 N–H and O–H groups in total. The molecular formula is C4H7ClN4O2. The lowest BCUT2D eigenvalue weighted by molar-refractivity contribution is -0.137. The van der Waals surface area contributed by atoms with Crippen LogP contribution >= 0.6 is 12.4 Å². The molecule has 1 aromatic rings. The van der Waals surface area contributed by atoms with Crippen LogP contribution in [-0.2, 0) is 11.3 Å². The Morgan fingerprint density at radius 2 is 2.45 bits per heavy atom. The first-order valence-corrected chi connectivity index (χ1v) is 2.55. The fraction of sp³-hybridized carbons (Fsp3) is 0.250. The Morgan fingerprint density at radius 1 is 1.82 bits per heavy atom. The van der Waals surface area contributed by atoms with E-state index in [1.54, 1.807) is 0 Å². The molecule has 0 amide bonds. The second-order valence-corrected chi connectivity index (χ2v) is 1.71. The lowest BCUT2D eigenvalue weighted by atomic mass is 10.6. The Bertz CT molecular complexity index is 248.